The second-order valence-corrected chi connectivity index (χ2v) is 7.01. The van der Waals surface area contributed by atoms with E-state index in [0.29, 0.717) is 5.92 Å². The van der Waals surface area contributed by atoms with Crippen molar-refractivity contribution in [1.29, 1.82) is 0 Å². The van der Waals surface area contributed by atoms with Gasteiger partial charge in [-0.05, 0) is 37.3 Å². The molecule has 1 heterocycles. The normalized spacial score (nSPS) is 18.5. The first-order valence-electron chi connectivity index (χ1n) is 8.43. The van der Waals surface area contributed by atoms with Gasteiger partial charge in [-0.15, -0.1) is 0 Å². The van der Waals surface area contributed by atoms with Crippen LogP contribution in [0.5, 0.6) is 0 Å². The number of hydrogen-bond donors (Lipinski definition) is 3. The third-order valence-corrected chi connectivity index (χ3v) is 4.18. The maximum absolute atomic E-state index is 12.3. The molecule has 2 atom stereocenters. The average molecular weight is 329 g/mol. The minimum Gasteiger partial charge on any atom is -0.366 e. The van der Waals surface area contributed by atoms with E-state index < -0.39 is 0 Å². The van der Waals surface area contributed by atoms with Crippen molar-refractivity contribution >= 4 is 11.8 Å². The minimum atomic E-state index is -0.285. The van der Waals surface area contributed by atoms with E-state index in [9.17, 15) is 9.59 Å². The summed E-state index contributed by atoms with van der Waals surface area (Å²) in [4.78, 5) is 24.5. The molecule has 0 aliphatic carbocycles. The second-order valence-electron chi connectivity index (χ2n) is 7.01. The van der Waals surface area contributed by atoms with E-state index in [1.165, 1.54) is 5.56 Å². The van der Waals surface area contributed by atoms with E-state index in [0.717, 1.165) is 17.5 Å². The van der Waals surface area contributed by atoms with Gasteiger partial charge in [0.1, 0.15) is 11.9 Å². The Morgan fingerprint density at radius 1 is 1.25 bits per heavy atom. The van der Waals surface area contributed by atoms with Crippen LogP contribution in [0, 0.1) is 25.7 Å². The number of hydrogen-bond acceptors (Lipinski definition) is 3. The maximum Gasteiger partial charge on any atom is 0.271 e. The molecule has 1 aliphatic rings. The van der Waals surface area contributed by atoms with Gasteiger partial charge in [-0.1, -0.05) is 44.5 Å². The zero-order chi connectivity index (χ0) is 17.9. The lowest BCUT2D eigenvalue weighted by Crippen LogP contribution is -2.46. The van der Waals surface area contributed by atoms with Crippen LogP contribution in [0.4, 0.5) is 0 Å². The molecule has 5 nitrogen and oxygen atoms in total. The third kappa shape index (κ3) is 4.37. The molecular formula is C19H27N3O2. The highest BCUT2D eigenvalue weighted by Crippen LogP contribution is 2.19. The summed E-state index contributed by atoms with van der Waals surface area (Å²) in [7, 11) is 0. The molecule has 0 radical (unpaired) electrons. The molecule has 24 heavy (non-hydrogen) atoms. The number of carbonyl (C=O) groups is 2. The highest BCUT2D eigenvalue weighted by atomic mass is 16.2. The highest BCUT2D eigenvalue weighted by molar-refractivity contribution is 5.98. The molecular weight excluding hydrogens is 302 g/mol. The SMILES string of the molecule is Cc1ccc(C2NC=C(NC(=O)[C@@H](C)CC(C)C)C(=O)N2)c(C)c1. The average Bonchev–Trinajstić information content (AvgIpc) is 2.48. The summed E-state index contributed by atoms with van der Waals surface area (Å²) in [6, 6.07) is 6.10. The molecule has 0 bridgehead atoms. The lowest BCUT2D eigenvalue weighted by molar-refractivity contribution is -0.127. The van der Waals surface area contributed by atoms with Crippen LogP contribution in [0.2, 0.25) is 0 Å². The smallest absolute Gasteiger partial charge is 0.271 e. The fraction of sp³-hybridized carbons (Fsp3) is 0.474. The summed E-state index contributed by atoms with van der Waals surface area (Å²) < 4.78 is 0. The monoisotopic (exact) mass is 329 g/mol. The molecule has 0 spiro atoms. The lowest BCUT2D eigenvalue weighted by Gasteiger charge is -2.27. The van der Waals surface area contributed by atoms with Crippen LogP contribution >= 0.6 is 0 Å². The summed E-state index contributed by atoms with van der Waals surface area (Å²) in [6.45, 7) is 10.1. The molecule has 0 aromatic heterocycles. The van der Waals surface area contributed by atoms with Gasteiger partial charge in [-0.3, -0.25) is 9.59 Å². The van der Waals surface area contributed by atoms with Crippen LogP contribution in [0.3, 0.4) is 0 Å². The van der Waals surface area contributed by atoms with Crippen molar-refractivity contribution in [3.05, 3.63) is 46.8 Å². The van der Waals surface area contributed by atoms with Crippen LogP contribution in [0.25, 0.3) is 0 Å². The van der Waals surface area contributed by atoms with Crippen molar-refractivity contribution in [2.24, 2.45) is 11.8 Å². The first-order valence-corrected chi connectivity index (χ1v) is 8.43. The van der Waals surface area contributed by atoms with Gasteiger partial charge in [-0.25, -0.2) is 0 Å². The van der Waals surface area contributed by atoms with Gasteiger partial charge in [0.25, 0.3) is 5.91 Å². The molecule has 0 saturated heterocycles. The zero-order valence-corrected chi connectivity index (χ0v) is 15.1. The maximum atomic E-state index is 12.3. The molecule has 1 aliphatic heterocycles. The molecule has 0 fully saturated rings. The van der Waals surface area contributed by atoms with Crippen LogP contribution in [0.15, 0.2) is 30.1 Å². The topological polar surface area (TPSA) is 70.2 Å². The third-order valence-electron chi connectivity index (χ3n) is 4.18. The van der Waals surface area contributed by atoms with Gasteiger partial charge in [0.15, 0.2) is 0 Å². The summed E-state index contributed by atoms with van der Waals surface area (Å²) in [6.07, 6.45) is 2.09. The summed E-state index contributed by atoms with van der Waals surface area (Å²) >= 11 is 0. The highest BCUT2D eigenvalue weighted by Gasteiger charge is 2.25. The van der Waals surface area contributed by atoms with Gasteiger partial charge in [0.05, 0.1) is 0 Å². The Bertz CT molecular complexity index is 665. The van der Waals surface area contributed by atoms with E-state index in [4.69, 9.17) is 0 Å². The Kier molecular flexibility index (Phi) is 5.65. The van der Waals surface area contributed by atoms with Crippen LogP contribution in [0.1, 0.15) is 50.0 Å². The van der Waals surface area contributed by atoms with Gasteiger partial charge >= 0.3 is 0 Å². The number of benzene rings is 1. The lowest BCUT2D eigenvalue weighted by atomic mass is 9.98. The summed E-state index contributed by atoms with van der Waals surface area (Å²) in [5, 5.41) is 8.76. The number of amides is 2. The van der Waals surface area contributed by atoms with Gasteiger partial charge in [-0.2, -0.15) is 0 Å². The van der Waals surface area contributed by atoms with Gasteiger partial charge in [0.2, 0.25) is 5.91 Å². The molecule has 1 unspecified atom stereocenters. The Morgan fingerprint density at radius 2 is 1.96 bits per heavy atom. The predicted octanol–water partition coefficient (Wildman–Crippen LogP) is 2.66. The fourth-order valence-corrected chi connectivity index (χ4v) is 2.96. The molecule has 2 amide bonds. The molecule has 0 saturated carbocycles. The Balaban J connectivity index is 2.05. The van der Waals surface area contributed by atoms with E-state index in [1.54, 1.807) is 6.20 Å². The molecule has 130 valence electrons. The standard InChI is InChI=1S/C19H27N3O2/c1-11(2)8-14(5)18(23)21-16-10-20-17(22-19(16)24)15-7-6-12(3)9-13(15)4/h6-7,9-11,14,17,20H,8H2,1-5H3,(H,21,23)(H,22,24)/t14-,17?/m0/s1. The van der Waals surface area contributed by atoms with E-state index >= 15 is 0 Å². The van der Waals surface area contributed by atoms with Gasteiger partial charge in [0, 0.05) is 12.1 Å². The van der Waals surface area contributed by atoms with Crippen LogP contribution < -0.4 is 16.0 Å². The Hall–Kier alpha value is -2.30. The quantitative estimate of drug-likeness (QED) is 0.778. The molecule has 5 heteroatoms. The van der Waals surface area contributed by atoms with Crippen molar-refractivity contribution in [3.8, 4) is 0 Å². The predicted molar refractivity (Wildman–Crippen MR) is 94.8 cm³/mol. The van der Waals surface area contributed by atoms with Crippen molar-refractivity contribution < 1.29 is 9.59 Å². The van der Waals surface area contributed by atoms with Crippen LogP contribution in [-0.4, -0.2) is 11.8 Å². The molecule has 2 rings (SSSR count). The Labute approximate surface area is 143 Å². The fourth-order valence-electron chi connectivity index (χ4n) is 2.96. The summed E-state index contributed by atoms with van der Waals surface area (Å²) in [5.74, 6) is -0.0941. The van der Waals surface area contributed by atoms with Crippen molar-refractivity contribution in [1.82, 2.24) is 16.0 Å². The molecule has 1 aromatic rings. The van der Waals surface area contributed by atoms with Crippen molar-refractivity contribution in [2.45, 2.75) is 47.2 Å². The van der Waals surface area contributed by atoms with Gasteiger partial charge < -0.3 is 16.0 Å². The number of aryl methyl sites for hydroxylation is 2. The number of rotatable bonds is 5. The Morgan fingerprint density at radius 3 is 2.54 bits per heavy atom. The first-order chi connectivity index (χ1) is 11.3. The second kappa shape index (κ2) is 7.51. The van der Waals surface area contributed by atoms with E-state index in [1.807, 2.05) is 32.9 Å². The van der Waals surface area contributed by atoms with Crippen molar-refractivity contribution in [2.75, 3.05) is 0 Å². The zero-order valence-electron chi connectivity index (χ0n) is 15.1. The number of carbonyl (C=O) groups excluding carboxylic acids is 2. The van der Waals surface area contributed by atoms with Crippen LogP contribution in [-0.2, 0) is 9.59 Å². The van der Waals surface area contributed by atoms with E-state index in [-0.39, 0.29) is 29.6 Å². The largest absolute Gasteiger partial charge is 0.366 e. The molecule has 1 aromatic carbocycles. The van der Waals surface area contributed by atoms with Crippen molar-refractivity contribution in [3.63, 3.8) is 0 Å². The first kappa shape index (κ1) is 18.0. The molecule has 3 N–H and O–H groups in total. The summed E-state index contributed by atoms with van der Waals surface area (Å²) in [5.41, 5.74) is 3.57. The number of nitrogens with one attached hydrogen (secondary N) is 3. The minimum absolute atomic E-state index is 0.128. The van der Waals surface area contributed by atoms with E-state index in [2.05, 4.69) is 35.9 Å².